The number of halogens is 1. The fraction of sp³-hybridized carbons (Fsp3) is 0.400. The summed E-state index contributed by atoms with van der Waals surface area (Å²) in [5.74, 6) is -0.102. The summed E-state index contributed by atoms with van der Waals surface area (Å²) in [6.45, 7) is 1.80. The van der Waals surface area contributed by atoms with Crippen molar-refractivity contribution in [2.45, 2.75) is 13.5 Å². The molecule has 82 valence electrons. The van der Waals surface area contributed by atoms with Crippen LogP contribution >= 0.6 is 15.9 Å². The van der Waals surface area contributed by atoms with E-state index in [-0.39, 0.29) is 18.0 Å². The van der Waals surface area contributed by atoms with E-state index in [4.69, 9.17) is 0 Å². The van der Waals surface area contributed by atoms with Crippen LogP contribution in [0.25, 0.3) is 0 Å². The molecule has 0 saturated heterocycles. The lowest BCUT2D eigenvalue weighted by Gasteiger charge is -2.12. The highest BCUT2D eigenvalue weighted by Crippen LogP contribution is 2.07. The Kier molecular flexibility index (Phi) is 3.68. The van der Waals surface area contributed by atoms with Gasteiger partial charge in [-0.1, -0.05) is 0 Å². The number of likely N-dealkylation sites (N-methyl/N-ethyl adjacent to an activating group) is 1. The third-order valence-electron chi connectivity index (χ3n) is 2.04. The van der Waals surface area contributed by atoms with Crippen molar-refractivity contribution in [3.63, 3.8) is 0 Å². The van der Waals surface area contributed by atoms with Crippen molar-refractivity contribution < 1.29 is 4.79 Å². The second kappa shape index (κ2) is 4.61. The van der Waals surface area contributed by atoms with Gasteiger partial charge in [-0.15, -0.1) is 0 Å². The molecular weight excluding hydrogens is 260 g/mol. The number of carbonyl (C=O) groups is 1. The summed E-state index contributed by atoms with van der Waals surface area (Å²) >= 11 is 3.29. The first-order chi connectivity index (χ1) is 6.91. The van der Waals surface area contributed by atoms with Gasteiger partial charge in [-0.25, -0.2) is 0 Å². The molecule has 5 heteroatoms. The Morgan fingerprint density at radius 1 is 1.53 bits per heavy atom. The Labute approximate surface area is 96.6 Å². The van der Waals surface area contributed by atoms with E-state index in [9.17, 15) is 9.59 Å². The Morgan fingerprint density at radius 2 is 2.13 bits per heavy atom. The third-order valence-corrected chi connectivity index (χ3v) is 2.47. The molecule has 1 heterocycles. The molecule has 0 aromatic carbocycles. The summed E-state index contributed by atoms with van der Waals surface area (Å²) in [4.78, 5) is 24.5. The second-order valence-corrected chi connectivity index (χ2v) is 4.48. The number of rotatable bonds is 2. The zero-order valence-electron chi connectivity index (χ0n) is 8.95. The van der Waals surface area contributed by atoms with Crippen LogP contribution in [0.4, 0.5) is 0 Å². The molecule has 1 aromatic rings. The molecule has 0 N–H and O–H groups in total. The van der Waals surface area contributed by atoms with Gasteiger partial charge in [0.15, 0.2) is 0 Å². The molecule has 4 nitrogen and oxygen atoms in total. The summed E-state index contributed by atoms with van der Waals surface area (Å²) in [7, 11) is 3.33. The standard InChI is InChI=1S/C10H13BrN2O2/c1-7-4-8(11)5-13(10(7)15)6-9(14)12(2)3/h4-5H,6H2,1-3H3. The number of pyridine rings is 1. The number of amides is 1. The van der Waals surface area contributed by atoms with Crippen LogP contribution in [-0.4, -0.2) is 29.5 Å². The Bertz CT molecular complexity index is 438. The van der Waals surface area contributed by atoms with Gasteiger partial charge in [-0.05, 0) is 28.9 Å². The first kappa shape index (κ1) is 12.0. The fourth-order valence-electron chi connectivity index (χ4n) is 1.14. The van der Waals surface area contributed by atoms with Crippen LogP contribution in [-0.2, 0) is 11.3 Å². The fourth-order valence-corrected chi connectivity index (χ4v) is 1.73. The van der Waals surface area contributed by atoms with Gasteiger partial charge in [0, 0.05) is 30.3 Å². The molecular formula is C10H13BrN2O2. The second-order valence-electron chi connectivity index (χ2n) is 3.56. The third kappa shape index (κ3) is 2.92. The van der Waals surface area contributed by atoms with Crippen molar-refractivity contribution in [3.8, 4) is 0 Å². The van der Waals surface area contributed by atoms with Gasteiger partial charge in [0.2, 0.25) is 5.91 Å². The minimum atomic E-state index is -0.131. The number of aromatic nitrogens is 1. The lowest BCUT2D eigenvalue weighted by atomic mass is 10.3. The van der Waals surface area contributed by atoms with Crippen LogP contribution < -0.4 is 5.56 Å². The highest BCUT2D eigenvalue weighted by atomic mass is 79.9. The molecule has 0 atom stereocenters. The first-order valence-corrected chi connectivity index (χ1v) is 5.28. The zero-order valence-corrected chi connectivity index (χ0v) is 10.5. The molecule has 1 amide bonds. The average molecular weight is 273 g/mol. The van der Waals surface area contributed by atoms with E-state index in [1.165, 1.54) is 9.47 Å². The highest BCUT2D eigenvalue weighted by Gasteiger charge is 2.08. The van der Waals surface area contributed by atoms with Crippen LogP contribution in [0.1, 0.15) is 5.56 Å². The van der Waals surface area contributed by atoms with E-state index in [0.29, 0.717) is 5.56 Å². The molecule has 0 unspecified atom stereocenters. The smallest absolute Gasteiger partial charge is 0.253 e. The van der Waals surface area contributed by atoms with Crippen molar-refractivity contribution in [1.82, 2.24) is 9.47 Å². The number of aryl methyl sites for hydroxylation is 1. The number of hydrogen-bond donors (Lipinski definition) is 0. The van der Waals surface area contributed by atoms with Crippen molar-refractivity contribution in [3.05, 3.63) is 32.7 Å². The molecule has 0 aliphatic rings. The monoisotopic (exact) mass is 272 g/mol. The predicted molar refractivity (Wildman–Crippen MR) is 61.8 cm³/mol. The number of carbonyl (C=O) groups excluding carboxylic acids is 1. The minimum absolute atomic E-state index is 0.0755. The normalized spacial score (nSPS) is 10.1. The lowest BCUT2D eigenvalue weighted by molar-refractivity contribution is -0.129. The largest absolute Gasteiger partial charge is 0.347 e. The molecule has 1 rings (SSSR count). The Balaban J connectivity index is 3.05. The molecule has 15 heavy (non-hydrogen) atoms. The van der Waals surface area contributed by atoms with Crippen LogP contribution in [0.2, 0.25) is 0 Å². The molecule has 0 radical (unpaired) electrons. The van der Waals surface area contributed by atoms with Gasteiger partial charge in [0.1, 0.15) is 6.54 Å². The lowest BCUT2D eigenvalue weighted by Crippen LogP contribution is -2.32. The maximum absolute atomic E-state index is 11.7. The molecule has 0 saturated carbocycles. The van der Waals surface area contributed by atoms with E-state index in [2.05, 4.69) is 15.9 Å². The maximum Gasteiger partial charge on any atom is 0.253 e. The summed E-state index contributed by atoms with van der Waals surface area (Å²) in [6, 6.07) is 1.74. The predicted octanol–water partition coefficient (Wildman–Crippen LogP) is 1.01. The summed E-state index contributed by atoms with van der Waals surface area (Å²) in [5.41, 5.74) is 0.490. The van der Waals surface area contributed by atoms with Crippen LogP contribution in [0.3, 0.4) is 0 Å². The van der Waals surface area contributed by atoms with Crippen LogP contribution in [0.5, 0.6) is 0 Å². The minimum Gasteiger partial charge on any atom is -0.347 e. The van der Waals surface area contributed by atoms with E-state index < -0.39 is 0 Å². The van der Waals surface area contributed by atoms with E-state index >= 15 is 0 Å². The average Bonchev–Trinajstić information content (AvgIpc) is 2.13. The van der Waals surface area contributed by atoms with Crippen LogP contribution in [0.15, 0.2) is 21.5 Å². The highest BCUT2D eigenvalue weighted by molar-refractivity contribution is 9.10. The first-order valence-electron chi connectivity index (χ1n) is 4.48. The van der Waals surface area contributed by atoms with Crippen LogP contribution in [0, 0.1) is 6.92 Å². The van der Waals surface area contributed by atoms with Gasteiger partial charge in [-0.3, -0.25) is 9.59 Å². The van der Waals surface area contributed by atoms with Gasteiger partial charge in [0.05, 0.1) is 0 Å². The molecule has 0 fully saturated rings. The van der Waals surface area contributed by atoms with Gasteiger partial charge >= 0.3 is 0 Å². The summed E-state index contributed by atoms with van der Waals surface area (Å²) < 4.78 is 2.20. The summed E-state index contributed by atoms with van der Waals surface area (Å²) in [6.07, 6.45) is 1.62. The molecule has 0 aliphatic carbocycles. The summed E-state index contributed by atoms with van der Waals surface area (Å²) in [5, 5.41) is 0. The van der Waals surface area contributed by atoms with Gasteiger partial charge in [0.25, 0.3) is 5.56 Å². The van der Waals surface area contributed by atoms with E-state index in [1.807, 2.05) is 0 Å². The molecule has 0 spiro atoms. The van der Waals surface area contributed by atoms with E-state index in [0.717, 1.165) is 4.47 Å². The van der Waals surface area contributed by atoms with Crippen molar-refractivity contribution in [2.75, 3.05) is 14.1 Å². The Hall–Kier alpha value is -1.10. The SMILES string of the molecule is Cc1cc(Br)cn(CC(=O)N(C)C)c1=O. The molecule has 0 bridgehead atoms. The number of hydrogen-bond acceptors (Lipinski definition) is 2. The van der Waals surface area contributed by atoms with Crippen molar-refractivity contribution >= 4 is 21.8 Å². The number of nitrogens with zero attached hydrogens (tertiary/aromatic N) is 2. The van der Waals surface area contributed by atoms with Gasteiger partial charge < -0.3 is 9.47 Å². The van der Waals surface area contributed by atoms with Crippen molar-refractivity contribution in [1.29, 1.82) is 0 Å². The van der Waals surface area contributed by atoms with Crippen molar-refractivity contribution in [2.24, 2.45) is 0 Å². The topological polar surface area (TPSA) is 42.3 Å². The Morgan fingerprint density at radius 3 is 2.67 bits per heavy atom. The van der Waals surface area contributed by atoms with E-state index in [1.54, 1.807) is 33.3 Å². The quantitative estimate of drug-likeness (QED) is 0.807. The zero-order chi connectivity index (χ0) is 11.6. The molecule has 1 aromatic heterocycles. The van der Waals surface area contributed by atoms with Gasteiger partial charge in [-0.2, -0.15) is 0 Å². The molecule has 0 aliphatic heterocycles. The maximum atomic E-state index is 11.7.